The lowest BCUT2D eigenvalue weighted by molar-refractivity contribution is 0.242. The molecule has 1 saturated carbocycles. The summed E-state index contributed by atoms with van der Waals surface area (Å²) in [6, 6.07) is 7.07. The van der Waals surface area contributed by atoms with Crippen LogP contribution in [0.25, 0.3) is 11.3 Å². The summed E-state index contributed by atoms with van der Waals surface area (Å²) in [6.45, 7) is 8.39. The van der Waals surface area contributed by atoms with Gasteiger partial charge in [0.2, 0.25) is 0 Å². The van der Waals surface area contributed by atoms with E-state index in [4.69, 9.17) is 9.84 Å². The molecule has 4 heteroatoms. The smallest absolute Gasteiger partial charge is 0.121 e. The molecule has 0 spiro atoms. The summed E-state index contributed by atoms with van der Waals surface area (Å²) >= 11 is 0. The maximum Gasteiger partial charge on any atom is 0.121 e. The standard InChI is InChI=1S/C20H27N3O/c1-4-10-22-12-15-13-23(16-6-5-7-16)21-20(15)18-9-8-17(11-19(18)22)24-14(2)3/h8-9,11,13-14,16H,4-7,10,12H2,1-3H3. The summed E-state index contributed by atoms with van der Waals surface area (Å²) in [7, 11) is 0. The Kier molecular flexibility index (Phi) is 3.99. The molecular weight excluding hydrogens is 298 g/mol. The van der Waals surface area contributed by atoms with Crippen LogP contribution in [0.5, 0.6) is 5.75 Å². The van der Waals surface area contributed by atoms with Gasteiger partial charge in [0, 0.05) is 36.5 Å². The molecule has 1 aliphatic carbocycles. The van der Waals surface area contributed by atoms with Gasteiger partial charge in [-0.25, -0.2) is 0 Å². The highest BCUT2D eigenvalue weighted by atomic mass is 16.5. The molecule has 2 heterocycles. The predicted octanol–water partition coefficient (Wildman–Crippen LogP) is 4.79. The number of ether oxygens (including phenoxy) is 1. The number of fused-ring (bicyclic) bond motifs is 3. The van der Waals surface area contributed by atoms with Crippen LogP contribution in [0.2, 0.25) is 0 Å². The monoisotopic (exact) mass is 325 g/mol. The third-order valence-electron chi connectivity index (χ3n) is 5.05. The third kappa shape index (κ3) is 2.68. The van der Waals surface area contributed by atoms with Crippen LogP contribution in [0.4, 0.5) is 5.69 Å². The van der Waals surface area contributed by atoms with Crippen LogP contribution in [0, 0.1) is 0 Å². The molecule has 0 atom stereocenters. The van der Waals surface area contributed by atoms with Gasteiger partial charge in [-0.05, 0) is 51.7 Å². The number of anilines is 1. The Morgan fingerprint density at radius 1 is 1.29 bits per heavy atom. The number of nitrogens with zero attached hydrogens (tertiary/aromatic N) is 3. The quantitative estimate of drug-likeness (QED) is 0.791. The molecule has 1 fully saturated rings. The van der Waals surface area contributed by atoms with Crippen LogP contribution in [-0.4, -0.2) is 22.4 Å². The van der Waals surface area contributed by atoms with Gasteiger partial charge in [-0.3, -0.25) is 4.68 Å². The van der Waals surface area contributed by atoms with Crippen molar-refractivity contribution in [2.75, 3.05) is 11.4 Å². The number of benzene rings is 1. The Labute approximate surface area is 144 Å². The van der Waals surface area contributed by atoms with Crippen LogP contribution < -0.4 is 9.64 Å². The maximum atomic E-state index is 5.91. The van der Waals surface area contributed by atoms with Crippen molar-refractivity contribution in [2.24, 2.45) is 0 Å². The molecule has 24 heavy (non-hydrogen) atoms. The van der Waals surface area contributed by atoms with Gasteiger partial charge in [-0.1, -0.05) is 6.92 Å². The van der Waals surface area contributed by atoms with Crippen molar-refractivity contribution in [1.82, 2.24) is 9.78 Å². The lowest BCUT2D eigenvalue weighted by atomic mass is 9.93. The second kappa shape index (κ2) is 6.15. The van der Waals surface area contributed by atoms with Crippen molar-refractivity contribution >= 4 is 5.69 Å². The molecule has 0 amide bonds. The van der Waals surface area contributed by atoms with E-state index in [1.54, 1.807) is 0 Å². The van der Waals surface area contributed by atoms with Crippen LogP contribution in [0.15, 0.2) is 24.4 Å². The summed E-state index contributed by atoms with van der Waals surface area (Å²) in [4.78, 5) is 2.47. The zero-order chi connectivity index (χ0) is 16.7. The van der Waals surface area contributed by atoms with Crippen LogP contribution in [-0.2, 0) is 6.54 Å². The Balaban J connectivity index is 1.74. The Morgan fingerprint density at radius 2 is 2.12 bits per heavy atom. The van der Waals surface area contributed by atoms with E-state index in [1.165, 1.54) is 41.8 Å². The zero-order valence-corrected chi connectivity index (χ0v) is 15.0. The fraction of sp³-hybridized carbons (Fsp3) is 0.550. The molecule has 0 N–H and O–H groups in total. The van der Waals surface area contributed by atoms with Gasteiger partial charge in [0.1, 0.15) is 5.75 Å². The third-order valence-corrected chi connectivity index (χ3v) is 5.05. The lowest BCUT2D eigenvalue weighted by Crippen LogP contribution is -2.27. The van der Waals surface area contributed by atoms with Crippen molar-refractivity contribution in [3.8, 4) is 17.0 Å². The summed E-state index contributed by atoms with van der Waals surface area (Å²) < 4.78 is 8.13. The van der Waals surface area contributed by atoms with Crippen molar-refractivity contribution in [2.45, 2.75) is 65.1 Å². The van der Waals surface area contributed by atoms with Gasteiger partial charge in [0.15, 0.2) is 0 Å². The van der Waals surface area contributed by atoms with Crippen molar-refractivity contribution in [1.29, 1.82) is 0 Å². The van der Waals surface area contributed by atoms with Gasteiger partial charge in [-0.15, -0.1) is 0 Å². The average Bonchev–Trinajstić information content (AvgIpc) is 2.88. The first-order chi connectivity index (χ1) is 11.7. The molecule has 1 aliphatic heterocycles. The molecule has 0 radical (unpaired) electrons. The first kappa shape index (κ1) is 15.6. The van der Waals surface area contributed by atoms with Crippen LogP contribution >= 0.6 is 0 Å². The summed E-state index contributed by atoms with van der Waals surface area (Å²) in [5.41, 5.74) is 5.04. The Bertz CT molecular complexity index is 730. The van der Waals surface area contributed by atoms with Gasteiger partial charge in [0.25, 0.3) is 0 Å². The molecule has 1 aromatic heterocycles. The normalized spacial score (nSPS) is 16.8. The van der Waals surface area contributed by atoms with Crippen LogP contribution in [0.1, 0.15) is 58.1 Å². The minimum Gasteiger partial charge on any atom is -0.491 e. The Morgan fingerprint density at radius 3 is 2.79 bits per heavy atom. The molecule has 1 aromatic carbocycles. The highest BCUT2D eigenvalue weighted by Gasteiger charge is 2.28. The predicted molar refractivity (Wildman–Crippen MR) is 97.7 cm³/mol. The minimum absolute atomic E-state index is 0.194. The van der Waals surface area contributed by atoms with Crippen molar-refractivity contribution in [3.05, 3.63) is 30.0 Å². The van der Waals surface area contributed by atoms with Gasteiger partial charge in [-0.2, -0.15) is 5.10 Å². The zero-order valence-electron chi connectivity index (χ0n) is 15.0. The first-order valence-corrected chi connectivity index (χ1v) is 9.29. The molecule has 0 unspecified atom stereocenters. The van der Waals surface area contributed by atoms with E-state index in [2.05, 4.69) is 54.7 Å². The molecule has 4 rings (SSSR count). The number of hydrogen-bond donors (Lipinski definition) is 0. The summed E-state index contributed by atoms with van der Waals surface area (Å²) in [6.07, 6.45) is 7.49. The van der Waals surface area contributed by atoms with Gasteiger partial charge < -0.3 is 9.64 Å². The van der Waals surface area contributed by atoms with Crippen LogP contribution in [0.3, 0.4) is 0 Å². The van der Waals surface area contributed by atoms with E-state index >= 15 is 0 Å². The molecule has 2 aromatic rings. The maximum absolute atomic E-state index is 5.91. The van der Waals surface area contributed by atoms with E-state index in [0.29, 0.717) is 6.04 Å². The van der Waals surface area contributed by atoms with E-state index < -0.39 is 0 Å². The highest BCUT2D eigenvalue weighted by molar-refractivity contribution is 5.82. The van der Waals surface area contributed by atoms with E-state index in [0.717, 1.165) is 25.3 Å². The second-order valence-electron chi connectivity index (χ2n) is 7.33. The molecule has 2 aliphatic rings. The first-order valence-electron chi connectivity index (χ1n) is 9.29. The molecule has 128 valence electrons. The van der Waals surface area contributed by atoms with Gasteiger partial charge >= 0.3 is 0 Å². The number of rotatable bonds is 5. The Hall–Kier alpha value is -1.97. The van der Waals surface area contributed by atoms with E-state index in [-0.39, 0.29) is 6.10 Å². The second-order valence-corrected chi connectivity index (χ2v) is 7.33. The number of hydrogen-bond acceptors (Lipinski definition) is 3. The molecule has 0 saturated heterocycles. The topological polar surface area (TPSA) is 30.3 Å². The largest absolute Gasteiger partial charge is 0.491 e. The summed E-state index contributed by atoms with van der Waals surface area (Å²) in [5.74, 6) is 0.951. The fourth-order valence-corrected chi connectivity index (χ4v) is 3.69. The fourth-order valence-electron chi connectivity index (χ4n) is 3.69. The lowest BCUT2D eigenvalue weighted by Gasteiger charge is -2.31. The molecule has 4 nitrogen and oxygen atoms in total. The van der Waals surface area contributed by atoms with E-state index in [1.807, 2.05) is 0 Å². The number of aromatic nitrogens is 2. The average molecular weight is 325 g/mol. The molecular formula is C20H27N3O. The molecule has 0 bridgehead atoms. The minimum atomic E-state index is 0.194. The van der Waals surface area contributed by atoms with Crippen molar-refractivity contribution < 1.29 is 4.74 Å². The van der Waals surface area contributed by atoms with E-state index in [9.17, 15) is 0 Å². The SMILES string of the molecule is CCCN1Cc2cn(C3CCC3)nc2-c2ccc(OC(C)C)cc21. The summed E-state index contributed by atoms with van der Waals surface area (Å²) in [5, 5.41) is 4.95. The highest BCUT2D eigenvalue weighted by Crippen LogP contribution is 2.42. The van der Waals surface area contributed by atoms with Crippen molar-refractivity contribution in [3.63, 3.8) is 0 Å². The van der Waals surface area contributed by atoms with Gasteiger partial charge in [0.05, 0.1) is 23.5 Å².